The van der Waals surface area contributed by atoms with E-state index in [4.69, 9.17) is 4.74 Å². The number of nitrogens with zero attached hydrogens (tertiary/aromatic N) is 1. The fourth-order valence-electron chi connectivity index (χ4n) is 1.40. The molecule has 0 heterocycles. The van der Waals surface area contributed by atoms with Crippen molar-refractivity contribution in [1.82, 2.24) is 5.32 Å². The summed E-state index contributed by atoms with van der Waals surface area (Å²) >= 11 is 0. The van der Waals surface area contributed by atoms with Gasteiger partial charge in [-0.3, -0.25) is 19.7 Å². The van der Waals surface area contributed by atoms with Crippen LogP contribution in [0.15, 0.2) is 24.3 Å². The number of benzene rings is 1. The number of esters is 1. The largest absolute Gasteiger partial charge is 0.466 e. The summed E-state index contributed by atoms with van der Waals surface area (Å²) in [4.78, 5) is 32.8. The van der Waals surface area contributed by atoms with Gasteiger partial charge in [-0.25, -0.2) is 0 Å². The molecule has 1 aromatic carbocycles. The van der Waals surface area contributed by atoms with Gasteiger partial charge in [-0.1, -0.05) is 6.92 Å². The second-order valence-electron chi connectivity index (χ2n) is 4.03. The maximum absolute atomic E-state index is 11.7. The van der Waals surface area contributed by atoms with Gasteiger partial charge in [-0.05, 0) is 18.6 Å². The Morgan fingerprint density at radius 2 is 1.95 bits per heavy atom. The molecule has 0 saturated carbocycles. The van der Waals surface area contributed by atoms with Crippen LogP contribution >= 0.6 is 0 Å². The van der Waals surface area contributed by atoms with E-state index in [1.165, 1.54) is 24.3 Å². The molecule has 0 aliphatic carbocycles. The summed E-state index contributed by atoms with van der Waals surface area (Å²) in [5.41, 5.74) is 0.224. The Morgan fingerprint density at radius 1 is 1.30 bits per heavy atom. The normalized spacial score (nSPS) is 9.85. The summed E-state index contributed by atoms with van der Waals surface area (Å²) in [5.74, 6) is -0.751. The molecule has 0 spiro atoms. The number of rotatable bonds is 7. The van der Waals surface area contributed by atoms with Gasteiger partial charge in [0, 0.05) is 24.2 Å². The van der Waals surface area contributed by atoms with Crippen LogP contribution in [0.1, 0.15) is 30.1 Å². The van der Waals surface area contributed by atoms with E-state index >= 15 is 0 Å². The predicted molar refractivity (Wildman–Crippen MR) is 71.3 cm³/mol. The maximum Gasteiger partial charge on any atom is 0.307 e. The van der Waals surface area contributed by atoms with Crippen LogP contribution in [0, 0.1) is 10.1 Å². The lowest BCUT2D eigenvalue weighted by atomic mass is 10.2. The van der Waals surface area contributed by atoms with Crippen molar-refractivity contribution in [2.24, 2.45) is 0 Å². The van der Waals surface area contributed by atoms with Crippen molar-refractivity contribution in [2.45, 2.75) is 19.8 Å². The molecule has 0 aliphatic heterocycles. The van der Waals surface area contributed by atoms with Gasteiger partial charge in [0.05, 0.1) is 18.0 Å². The number of hydrogen-bond acceptors (Lipinski definition) is 5. The molecule has 108 valence electrons. The molecule has 0 fully saturated rings. The Hall–Kier alpha value is -2.44. The highest BCUT2D eigenvalue weighted by molar-refractivity contribution is 5.94. The molecule has 1 aromatic rings. The first kappa shape index (κ1) is 15.6. The van der Waals surface area contributed by atoms with Crippen LogP contribution < -0.4 is 5.32 Å². The molecule has 7 heteroatoms. The third-order valence-corrected chi connectivity index (χ3v) is 2.42. The maximum atomic E-state index is 11.7. The molecule has 20 heavy (non-hydrogen) atoms. The molecule has 0 aromatic heterocycles. The number of nitro benzene ring substituents is 1. The Labute approximate surface area is 116 Å². The Bertz CT molecular complexity index is 484. The Kier molecular flexibility index (Phi) is 6.15. The topological polar surface area (TPSA) is 98.5 Å². The number of ether oxygens (including phenoxy) is 1. The zero-order valence-electron chi connectivity index (χ0n) is 11.1. The van der Waals surface area contributed by atoms with Gasteiger partial charge in [0.1, 0.15) is 0 Å². The fourth-order valence-corrected chi connectivity index (χ4v) is 1.40. The van der Waals surface area contributed by atoms with Gasteiger partial charge in [-0.15, -0.1) is 0 Å². The lowest BCUT2D eigenvalue weighted by Gasteiger charge is -2.05. The number of carbonyl (C=O) groups excluding carboxylic acids is 2. The van der Waals surface area contributed by atoms with Crippen LogP contribution in [-0.4, -0.2) is 30.0 Å². The minimum Gasteiger partial charge on any atom is -0.466 e. The van der Waals surface area contributed by atoms with Gasteiger partial charge in [0.15, 0.2) is 0 Å². The van der Waals surface area contributed by atoms with E-state index in [1.54, 1.807) is 0 Å². The second-order valence-corrected chi connectivity index (χ2v) is 4.03. The van der Waals surface area contributed by atoms with E-state index in [2.05, 4.69) is 5.32 Å². The predicted octanol–water partition coefficient (Wildman–Crippen LogP) is 1.67. The van der Waals surface area contributed by atoms with E-state index in [1.807, 2.05) is 6.92 Å². The van der Waals surface area contributed by atoms with E-state index in [9.17, 15) is 19.7 Å². The first-order valence-corrected chi connectivity index (χ1v) is 6.23. The Balaban J connectivity index is 2.39. The lowest BCUT2D eigenvalue weighted by Crippen LogP contribution is -2.26. The van der Waals surface area contributed by atoms with Crippen LogP contribution in [-0.2, 0) is 9.53 Å². The van der Waals surface area contributed by atoms with Crippen molar-refractivity contribution in [2.75, 3.05) is 13.2 Å². The zero-order valence-corrected chi connectivity index (χ0v) is 11.1. The highest BCUT2D eigenvalue weighted by Gasteiger charge is 2.10. The molecule has 0 unspecified atom stereocenters. The van der Waals surface area contributed by atoms with Gasteiger partial charge in [0.25, 0.3) is 11.6 Å². The van der Waals surface area contributed by atoms with Gasteiger partial charge < -0.3 is 10.1 Å². The van der Waals surface area contributed by atoms with Crippen molar-refractivity contribution in [3.05, 3.63) is 39.9 Å². The molecule has 1 rings (SSSR count). The monoisotopic (exact) mass is 280 g/mol. The highest BCUT2D eigenvalue weighted by atomic mass is 16.6. The van der Waals surface area contributed by atoms with Crippen molar-refractivity contribution in [3.63, 3.8) is 0 Å². The first-order chi connectivity index (χ1) is 9.54. The Morgan fingerprint density at radius 3 is 2.50 bits per heavy atom. The third-order valence-electron chi connectivity index (χ3n) is 2.42. The van der Waals surface area contributed by atoms with Crippen LogP contribution in [0.4, 0.5) is 5.69 Å². The molecule has 1 amide bonds. The van der Waals surface area contributed by atoms with Gasteiger partial charge in [-0.2, -0.15) is 0 Å². The number of hydrogen-bond donors (Lipinski definition) is 1. The molecule has 1 N–H and O–H groups in total. The van der Waals surface area contributed by atoms with Crippen molar-refractivity contribution in [3.8, 4) is 0 Å². The van der Waals surface area contributed by atoms with E-state index in [0.717, 1.165) is 6.42 Å². The molecule has 0 atom stereocenters. The number of amides is 1. The SMILES string of the molecule is CCCOC(=O)CCNC(=O)c1ccc([N+](=O)[O-])cc1. The van der Waals surface area contributed by atoms with Crippen molar-refractivity contribution < 1.29 is 19.2 Å². The lowest BCUT2D eigenvalue weighted by molar-refractivity contribution is -0.384. The molecule has 0 saturated heterocycles. The number of nitro groups is 1. The van der Waals surface area contributed by atoms with E-state index in [0.29, 0.717) is 12.2 Å². The average Bonchev–Trinajstić information content (AvgIpc) is 2.45. The smallest absolute Gasteiger partial charge is 0.307 e. The van der Waals surface area contributed by atoms with Crippen LogP contribution in [0.25, 0.3) is 0 Å². The first-order valence-electron chi connectivity index (χ1n) is 6.23. The summed E-state index contributed by atoms with van der Waals surface area (Å²) < 4.78 is 4.86. The van der Waals surface area contributed by atoms with Gasteiger partial charge in [0.2, 0.25) is 0 Å². The second kappa shape index (κ2) is 7.88. The summed E-state index contributed by atoms with van der Waals surface area (Å²) in [5, 5.41) is 13.0. The molecular formula is C13H16N2O5. The highest BCUT2D eigenvalue weighted by Crippen LogP contribution is 2.11. The van der Waals surface area contributed by atoms with E-state index in [-0.39, 0.29) is 30.5 Å². The summed E-state index contributed by atoms with van der Waals surface area (Å²) in [6.45, 7) is 2.43. The third kappa shape index (κ3) is 5.05. The van der Waals surface area contributed by atoms with Crippen molar-refractivity contribution in [1.29, 1.82) is 0 Å². The van der Waals surface area contributed by atoms with E-state index < -0.39 is 4.92 Å². The average molecular weight is 280 g/mol. The van der Waals surface area contributed by atoms with Crippen LogP contribution in [0.3, 0.4) is 0 Å². The standard InChI is InChI=1S/C13H16N2O5/c1-2-9-20-12(16)7-8-14-13(17)10-3-5-11(6-4-10)15(18)19/h3-6H,2,7-9H2,1H3,(H,14,17). The fraction of sp³-hybridized carbons (Fsp3) is 0.385. The molecule has 0 aliphatic rings. The molecule has 0 bridgehead atoms. The summed E-state index contributed by atoms with van der Waals surface area (Å²) in [7, 11) is 0. The summed E-state index contributed by atoms with van der Waals surface area (Å²) in [6.07, 6.45) is 0.847. The van der Waals surface area contributed by atoms with Crippen LogP contribution in [0.5, 0.6) is 0 Å². The molecule has 0 radical (unpaired) electrons. The molecule has 7 nitrogen and oxygen atoms in total. The number of carbonyl (C=O) groups is 2. The number of non-ortho nitro benzene ring substituents is 1. The van der Waals surface area contributed by atoms with Gasteiger partial charge >= 0.3 is 5.97 Å². The minimum atomic E-state index is -0.536. The number of nitrogens with one attached hydrogen (secondary N) is 1. The van der Waals surface area contributed by atoms with Crippen LogP contribution in [0.2, 0.25) is 0 Å². The minimum absolute atomic E-state index is 0.0790. The van der Waals surface area contributed by atoms with Crippen molar-refractivity contribution >= 4 is 17.6 Å². The summed E-state index contributed by atoms with van der Waals surface area (Å²) in [6, 6.07) is 5.24. The quantitative estimate of drug-likeness (QED) is 0.465. The molecular weight excluding hydrogens is 264 g/mol. The zero-order chi connectivity index (χ0) is 15.0.